The first-order chi connectivity index (χ1) is 16.9. The molecule has 2 N–H and O–H groups in total. The lowest BCUT2D eigenvalue weighted by Crippen LogP contribution is -2.48. The van der Waals surface area contributed by atoms with Crippen molar-refractivity contribution in [3.63, 3.8) is 0 Å². The first-order valence-corrected chi connectivity index (χ1v) is 11.6. The van der Waals surface area contributed by atoms with Gasteiger partial charge in [0, 0.05) is 36.0 Å². The standard InChI is InChI=1S/C25H23ClFN5O3/c26-20-6-2-1-4-16(20)14-32-22-21(11-13-31(23(22)33)19-9-7-17(27)8-10-19)29-24(32)30-12-3-5-18(15-30)28-25(34)35/h1-2,4,6-11,13,18,28H,3,5,12,14-15H2,(H,34,35)/t18-/m1/s1. The molecular formula is C25H23ClFN5O3. The fourth-order valence-electron chi connectivity index (χ4n) is 4.57. The van der Waals surface area contributed by atoms with Crippen molar-refractivity contribution in [2.24, 2.45) is 0 Å². The quantitative estimate of drug-likeness (QED) is 0.431. The third kappa shape index (κ3) is 4.59. The van der Waals surface area contributed by atoms with Crippen LogP contribution in [0.25, 0.3) is 16.7 Å². The molecule has 0 spiro atoms. The Hall–Kier alpha value is -3.85. The second-order valence-corrected chi connectivity index (χ2v) is 8.93. The number of fused-ring (bicyclic) bond motifs is 1. The predicted molar refractivity (Wildman–Crippen MR) is 132 cm³/mol. The van der Waals surface area contributed by atoms with E-state index in [9.17, 15) is 19.1 Å². The second kappa shape index (κ2) is 9.42. The molecule has 1 amide bonds. The lowest BCUT2D eigenvalue weighted by atomic mass is 10.1. The van der Waals surface area contributed by atoms with Gasteiger partial charge in [0.15, 0.2) is 0 Å². The van der Waals surface area contributed by atoms with Gasteiger partial charge in [-0.25, -0.2) is 14.2 Å². The lowest BCUT2D eigenvalue weighted by molar-refractivity contribution is 0.188. The van der Waals surface area contributed by atoms with Gasteiger partial charge < -0.3 is 19.9 Å². The van der Waals surface area contributed by atoms with E-state index in [-0.39, 0.29) is 17.4 Å². The van der Waals surface area contributed by atoms with Crippen LogP contribution in [0.1, 0.15) is 18.4 Å². The number of amides is 1. The molecule has 0 saturated carbocycles. The van der Waals surface area contributed by atoms with Crippen molar-refractivity contribution in [3.8, 4) is 5.69 Å². The van der Waals surface area contributed by atoms with E-state index < -0.39 is 6.09 Å². The zero-order chi connectivity index (χ0) is 24.5. The number of imidazole rings is 1. The molecular weight excluding hydrogens is 473 g/mol. The van der Waals surface area contributed by atoms with Crippen LogP contribution < -0.4 is 15.8 Å². The minimum Gasteiger partial charge on any atom is -0.465 e. The number of nitrogens with zero attached hydrogens (tertiary/aromatic N) is 4. The van der Waals surface area contributed by atoms with Gasteiger partial charge in [0.25, 0.3) is 5.56 Å². The molecule has 0 unspecified atom stereocenters. The molecule has 35 heavy (non-hydrogen) atoms. The highest BCUT2D eigenvalue weighted by atomic mass is 35.5. The van der Waals surface area contributed by atoms with Gasteiger partial charge in [-0.15, -0.1) is 0 Å². The number of carbonyl (C=O) groups is 1. The van der Waals surface area contributed by atoms with Gasteiger partial charge in [0.1, 0.15) is 11.3 Å². The Morgan fingerprint density at radius 1 is 1.17 bits per heavy atom. The van der Waals surface area contributed by atoms with Crippen molar-refractivity contribution in [1.82, 2.24) is 19.4 Å². The summed E-state index contributed by atoms with van der Waals surface area (Å²) in [5.74, 6) is 0.189. The Bertz CT molecular complexity index is 1450. The number of halogens is 2. The Morgan fingerprint density at radius 2 is 1.94 bits per heavy atom. The van der Waals surface area contributed by atoms with E-state index in [2.05, 4.69) is 5.32 Å². The van der Waals surface area contributed by atoms with E-state index in [0.29, 0.717) is 47.3 Å². The van der Waals surface area contributed by atoms with Crippen molar-refractivity contribution >= 4 is 34.7 Å². The number of rotatable bonds is 5. The summed E-state index contributed by atoms with van der Waals surface area (Å²) >= 11 is 6.45. The van der Waals surface area contributed by atoms with Crippen LogP contribution in [0, 0.1) is 5.82 Å². The van der Waals surface area contributed by atoms with E-state index in [0.717, 1.165) is 18.4 Å². The molecule has 10 heteroatoms. The Kier molecular flexibility index (Phi) is 6.17. The van der Waals surface area contributed by atoms with Gasteiger partial charge in [0.2, 0.25) is 5.95 Å². The summed E-state index contributed by atoms with van der Waals surface area (Å²) in [6, 6.07) is 14.6. The van der Waals surface area contributed by atoms with E-state index in [1.54, 1.807) is 30.5 Å². The van der Waals surface area contributed by atoms with Crippen LogP contribution in [-0.4, -0.2) is 44.4 Å². The largest absolute Gasteiger partial charge is 0.465 e. The fourth-order valence-corrected chi connectivity index (χ4v) is 4.77. The normalized spacial score (nSPS) is 15.9. The van der Waals surface area contributed by atoms with Gasteiger partial charge in [0.05, 0.1) is 12.1 Å². The zero-order valence-corrected chi connectivity index (χ0v) is 19.5. The van der Waals surface area contributed by atoms with Crippen LogP contribution >= 0.6 is 11.6 Å². The number of carboxylic acid groups (broad SMARTS) is 1. The highest BCUT2D eigenvalue weighted by molar-refractivity contribution is 6.31. The molecule has 0 aliphatic carbocycles. The maximum Gasteiger partial charge on any atom is 0.404 e. The molecule has 1 fully saturated rings. The second-order valence-electron chi connectivity index (χ2n) is 8.53. The number of aromatic nitrogens is 3. The monoisotopic (exact) mass is 495 g/mol. The molecule has 0 bridgehead atoms. The van der Waals surface area contributed by atoms with Crippen molar-refractivity contribution < 1.29 is 14.3 Å². The number of benzene rings is 2. The molecule has 1 saturated heterocycles. The minimum atomic E-state index is -1.07. The van der Waals surface area contributed by atoms with Crippen molar-refractivity contribution in [2.45, 2.75) is 25.4 Å². The number of piperidine rings is 1. The summed E-state index contributed by atoms with van der Waals surface area (Å²) in [6.45, 7) is 1.42. The molecule has 2 aromatic heterocycles. The zero-order valence-electron chi connectivity index (χ0n) is 18.7. The number of hydrogen-bond acceptors (Lipinski definition) is 4. The summed E-state index contributed by atoms with van der Waals surface area (Å²) in [5, 5.41) is 12.3. The summed E-state index contributed by atoms with van der Waals surface area (Å²) in [4.78, 5) is 31.7. The Balaban J connectivity index is 1.65. The van der Waals surface area contributed by atoms with E-state index >= 15 is 0 Å². The van der Waals surface area contributed by atoms with Gasteiger partial charge in [-0.2, -0.15) is 0 Å². The van der Waals surface area contributed by atoms with Crippen molar-refractivity contribution in [3.05, 3.63) is 87.6 Å². The van der Waals surface area contributed by atoms with Crippen LogP contribution in [0.3, 0.4) is 0 Å². The van der Waals surface area contributed by atoms with Gasteiger partial charge >= 0.3 is 6.09 Å². The molecule has 3 heterocycles. The van der Waals surface area contributed by atoms with Crippen molar-refractivity contribution in [2.75, 3.05) is 18.0 Å². The molecule has 180 valence electrons. The minimum absolute atomic E-state index is 0.245. The van der Waals surface area contributed by atoms with E-state index in [4.69, 9.17) is 16.6 Å². The molecule has 8 nitrogen and oxygen atoms in total. The maximum atomic E-state index is 13.7. The van der Waals surface area contributed by atoms with Crippen LogP contribution in [-0.2, 0) is 6.54 Å². The van der Waals surface area contributed by atoms with Crippen LogP contribution in [0.5, 0.6) is 0 Å². The third-order valence-electron chi connectivity index (χ3n) is 6.20. The molecule has 5 rings (SSSR count). The number of hydrogen-bond donors (Lipinski definition) is 2. The fraction of sp³-hybridized carbons (Fsp3) is 0.240. The SMILES string of the molecule is O=C(O)N[C@@H]1CCCN(c2nc3ccn(-c4ccc(F)cc4)c(=O)c3n2Cc2ccccc2Cl)C1. The Morgan fingerprint density at radius 3 is 2.69 bits per heavy atom. The molecule has 1 atom stereocenters. The van der Waals surface area contributed by atoms with Gasteiger partial charge in [-0.1, -0.05) is 29.8 Å². The number of nitrogens with one attached hydrogen (secondary N) is 1. The Labute approximate surface area is 205 Å². The van der Waals surface area contributed by atoms with Crippen LogP contribution in [0.15, 0.2) is 65.6 Å². The third-order valence-corrected chi connectivity index (χ3v) is 6.57. The number of anilines is 1. The first kappa shape index (κ1) is 22.9. The van der Waals surface area contributed by atoms with Gasteiger partial charge in [-0.05, 0) is 54.8 Å². The predicted octanol–water partition coefficient (Wildman–Crippen LogP) is 4.26. The van der Waals surface area contributed by atoms with Crippen LogP contribution in [0.2, 0.25) is 5.02 Å². The average molecular weight is 496 g/mol. The molecule has 2 aromatic carbocycles. The van der Waals surface area contributed by atoms with Gasteiger partial charge in [-0.3, -0.25) is 9.36 Å². The van der Waals surface area contributed by atoms with E-state index in [1.165, 1.54) is 16.7 Å². The summed E-state index contributed by atoms with van der Waals surface area (Å²) in [5.41, 5.74) is 1.97. The summed E-state index contributed by atoms with van der Waals surface area (Å²) < 4.78 is 16.8. The topological polar surface area (TPSA) is 92.4 Å². The molecule has 1 aliphatic heterocycles. The van der Waals surface area contributed by atoms with E-state index in [1.807, 2.05) is 27.7 Å². The first-order valence-electron chi connectivity index (χ1n) is 11.3. The highest BCUT2D eigenvalue weighted by Crippen LogP contribution is 2.27. The molecule has 0 radical (unpaired) electrons. The smallest absolute Gasteiger partial charge is 0.404 e. The average Bonchev–Trinajstić information content (AvgIpc) is 3.20. The molecule has 1 aliphatic rings. The summed E-state index contributed by atoms with van der Waals surface area (Å²) in [7, 11) is 0. The maximum absolute atomic E-state index is 13.7. The summed E-state index contributed by atoms with van der Waals surface area (Å²) in [6.07, 6.45) is 2.06. The number of pyridine rings is 1. The van der Waals surface area contributed by atoms with Crippen molar-refractivity contribution in [1.29, 1.82) is 0 Å². The highest BCUT2D eigenvalue weighted by Gasteiger charge is 2.27. The van der Waals surface area contributed by atoms with Crippen LogP contribution in [0.4, 0.5) is 15.1 Å². The molecule has 4 aromatic rings. The lowest BCUT2D eigenvalue weighted by Gasteiger charge is -2.33.